The molecule has 17 heavy (non-hydrogen) atoms. The van der Waals surface area contributed by atoms with E-state index in [9.17, 15) is 0 Å². The predicted molar refractivity (Wildman–Crippen MR) is 71.5 cm³/mol. The molecular weight excluding hydrogens is 208 g/mol. The quantitative estimate of drug-likeness (QED) is 0.845. The van der Waals surface area contributed by atoms with E-state index in [-0.39, 0.29) is 12.1 Å². The van der Waals surface area contributed by atoms with Crippen LogP contribution in [0.5, 0.6) is 0 Å². The Morgan fingerprint density at radius 1 is 0.706 bits per heavy atom. The average Bonchev–Trinajstić information content (AvgIpc) is 2.39. The van der Waals surface area contributed by atoms with Crippen molar-refractivity contribution in [1.82, 2.24) is 0 Å². The molecule has 0 amide bonds. The lowest BCUT2D eigenvalue weighted by Crippen LogP contribution is -2.12. The molecule has 0 heterocycles. The summed E-state index contributed by atoms with van der Waals surface area (Å²) in [5.74, 6) is 0. The van der Waals surface area contributed by atoms with Crippen molar-refractivity contribution in [3.63, 3.8) is 0 Å². The Labute approximate surface area is 102 Å². The molecule has 0 spiro atoms. The van der Waals surface area contributed by atoms with E-state index in [1.54, 1.807) is 0 Å². The Morgan fingerprint density at radius 3 is 1.71 bits per heavy atom. The van der Waals surface area contributed by atoms with Crippen molar-refractivity contribution in [2.45, 2.75) is 19.0 Å². The maximum atomic E-state index is 6.21. The van der Waals surface area contributed by atoms with Gasteiger partial charge < -0.3 is 11.5 Å². The smallest absolute Gasteiger partial charge is 0.0551 e. The highest BCUT2D eigenvalue weighted by Crippen LogP contribution is 2.20. The molecule has 88 valence electrons. The molecule has 0 saturated carbocycles. The van der Waals surface area contributed by atoms with Crippen LogP contribution in [0.1, 0.15) is 35.7 Å². The van der Waals surface area contributed by atoms with Gasteiger partial charge in [-0.05, 0) is 23.6 Å². The zero-order chi connectivity index (χ0) is 12.3. The molecule has 2 unspecified atom stereocenters. The Morgan fingerprint density at radius 2 is 1.18 bits per heavy atom. The van der Waals surface area contributed by atoms with E-state index < -0.39 is 0 Å². The summed E-state index contributed by atoms with van der Waals surface area (Å²) in [5, 5.41) is 0. The molecular formula is C15H18N2. The SMILES string of the molecule is CC(N)c1ccc(C(N)c2ccccc2)cc1. The molecule has 0 bridgehead atoms. The van der Waals surface area contributed by atoms with Gasteiger partial charge in [-0.1, -0.05) is 54.6 Å². The largest absolute Gasteiger partial charge is 0.324 e. The van der Waals surface area contributed by atoms with Gasteiger partial charge in [0.2, 0.25) is 0 Å². The third-order valence-corrected chi connectivity index (χ3v) is 2.98. The fourth-order valence-electron chi connectivity index (χ4n) is 1.86. The van der Waals surface area contributed by atoms with Crippen LogP contribution < -0.4 is 11.5 Å². The molecule has 0 saturated heterocycles. The molecule has 2 atom stereocenters. The van der Waals surface area contributed by atoms with E-state index >= 15 is 0 Å². The van der Waals surface area contributed by atoms with Crippen LogP contribution in [0.15, 0.2) is 54.6 Å². The second-order valence-electron chi connectivity index (χ2n) is 4.34. The normalized spacial score (nSPS) is 14.3. The van der Waals surface area contributed by atoms with Gasteiger partial charge in [0.15, 0.2) is 0 Å². The molecule has 2 aromatic carbocycles. The van der Waals surface area contributed by atoms with Crippen LogP contribution in [0.25, 0.3) is 0 Å². The number of hydrogen-bond acceptors (Lipinski definition) is 2. The van der Waals surface area contributed by atoms with E-state index in [1.807, 2.05) is 49.4 Å². The van der Waals surface area contributed by atoms with E-state index in [1.165, 1.54) is 0 Å². The summed E-state index contributed by atoms with van der Waals surface area (Å²) < 4.78 is 0. The fourth-order valence-corrected chi connectivity index (χ4v) is 1.86. The minimum absolute atomic E-state index is 0.0667. The number of rotatable bonds is 3. The maximum Gasteiger partial charge on any atom is 0.0551 e. The van der Waals surface area contributed by atoms with Crippen molar-refractivity contribution < 1.29 is 0 Å². The number of nitrogens with two attached hydrogens (primary N) is 2. The van der Waals surface area contributed by atoms with E-state index in [4.69, 9.17) is 11.5 Å². The highest BCUT2D eigenvalue weighted by molar-refractivity contribution is 5.33. The first kappa shape index (κ1) is 11.8. The minimum Gasteiger partial charge on any atom is -0.324 e. The molecule has 0 aliphatic carbocycles. The lowest BCUT2D eigenvalue weighted by atomic mass is 9.97. The van der Waals surface area contributed by atoms with Crippen LogP contribution >= 0.6 is 0 Å². The van der Waals surface area contributed by atoms with Crippen LogP contribution in [-0.4, -0.2) is 0 Å². The first-order chi connectivity index (χ1) is 8.18. The standard InChI is InChI=1S/C15H18N2/c1-11(16)12-7-9-14(10-8-12)15(17)13-5-3-2-4-6-13/h2-11,15H,16-17H2,1H3. The summed E-state index contributed by atoms with van der Waals surface area (Å²) in [6.45, 7) is 1.98. The van der Waals surface area contributed by atoms with E-state index in [0.29, 0.717) is 0 Å². The summed E-state index contributed by atoms with van der Waals surface area (Å²) in [7, 11) is 0. The fraction of sp³-hybridized carbons (Fsp3) is 0.200. The zero-order valence-electron chi connectivity index (χ0n) is 10.0. The van der Waals surface area contributed by atoms with Gasteiger partial charge in [-0.3, -0.25) is 0 Å². The third-order valence-electron chi connectivity index (χ3n) is 2.98. The van der Waals surface area contributed by atoms with Crippen LogP contribution in [0.2, 0.25) is 0 Å². The minimum atomic E-state index is -0.0710. The lowest BCUT2D eigenvalue weighted by Gasteiger charge is -2.14. The van der Waals surface area contributed by atoms with E-state index in [0.717, 1.165) is 16.7 Å². The number of hydrogen-bond donors (Lipinski definition) is 2. The van der Waals surface area contributed by atoms with Crippen molar-refractivity contribution in [3.8, 4) is 0 Å². The van der Waals surface area contributed by atoms with E-state index in [2.05, 4.69) is 12.1 Å². The van der Waals surface area contributed by atoms with Crippen molar-refractivity contribution >= 4 is 0 Å². The van der Waals surface area contributed by atoms with Gasteiger partial charge >= 0.3 is 0 Å². The average molecular weight is 226 g/mol. The van der Waals surface area contributed by atoms with Crippen LogP contribution in [0, 0.1) is 0 Å². The van der Waals surface area contributed by atoms with Gasteiger partial charge in [-0.25, -0.2) is 0 Å². The zero-order valence-corrected chi connectivity index (χ0v) is 10.0. The molecule has 2 nitrogen and oxygen atoms in total. The van der Waals surface area contributed by atoms with Crippen LogP contribution in [-0.2, 0) is 0 Å². The second-order valence-corrected chi connectivity index (χ2v) is 4.34. The Bertz CT molecular complexity index is 460. The van der Waals surface area contributed by atoms with Crippen molar-refractivity contribution in [2.75, 3.05) is 0 Å². The summed E-state index contributed by atoms with van der Waals surface area (Å²) in [4.78, 5) is 0. The Hall–Kier alpha value is -1.64. The molecule has 2 rings (SSSR count). The summed E-state index contributed by atoms with van der Waals surface area (Å²) >= 11 is 0. The van der Waals surface area contributed by atoms with Gasteiger partial charge in [0.05, 0.1) is 6.04 Å². The molecule has 0 aromatic heterocycles. The number of benzene rings is 2. The molecule has 0 aliphatic rings. The highest BCUT2D eigenvalue weighted by Gasteiger charge is 2.08. The summed E-state index contributed by atoms with van der Waals surface area (Å²) in [6, 6.07) is 18.3. The topological polar surface area (TPSA) is 52.0 Å². The summed E-state index contributed by atoms with van der Waals surface area (Å²) in [5.41, 5.74) is 15.4. The molecule has 4 N–H and O–H groups in total. The summed E-state index contributed by atoms with van der Waals surface area (Å²) in [6.07, 6.45) is 0. The van der Waals surface area contributed by atoms with Crippen LogP contribution in [0.4, 0.5) is 0 Å². The predicted octanol–water partition coefficient (Wildman–Crippen LogP) is 2.75. The van der Waals surface area contributed by atoms with Gasteiger partial charge in [0.25, 0.3) is 0 Å². The molecule has 0 aliphatic heterocycles. The third kappa shape index (κ3) is 2.73. The second kappa shape index (κ2) is 5.13. The van der Waals surface area contributed by atoms with Crippen molar-refractivity contribution in [1.29, 1.82) is 0 Å². The van der Waals surface area contributed by atoms with Gasteiger partial charge in [0, 0.05) is 6.04 Å². The van der Waals surface area contributed by atoms with Crippen molar-refractivity contribution in [2.24, 2.45) is 11.5 Å². The molecule has 2 aromatic rings. The lowest BCUT2D eigenvalue weighted by molar-refractivity contribution is 0.812. The maximum absolute atomic E-state index is 6.21. The first-order valence-corrected chi connectivity index (χ1v) is 5.84. The molecule has 0 fully saturated rings. The molecule has 0 radical (unpaired) electrons. The monoisotopic (exact) mass is 226 g/mol. The van der Waals surface area contributed by atoms with Crippen LogP contribution in [0.3, 0.4) is 0 Å². The first-order valence-electron chi connectivity index (χ1n) is 5.84. The Balaban J connectivity index is 2.23. The van der Waals surface area contributed by atoms with Crippen molar-refractivity contribution in [3.05, 3.63) is 71.3 Å². The van der Waals surface area contributed by atoms with Gasteiger partial charge in [-0.2, -0.15) is 0 Å². The Kier molecular flexibility index (Phi) is 3.57. The highest BCUT2D eigenvalue weighted by atomic mass is 14.6. The van der Waals surface area contributed by atoms with Gasteiger partial charge in [0.1, 0.15) is 0 Å². The van der Waals surface area contributed by atoms with Gasteiger partial charge in [-0.15, -0.1) is 0 Å². The molecule has 2 heteroatoms.